The molecule has 0 atom stereocenters. The second-order valence-corrected chi connectivity index (χ2v) is 5.27. The highest BCUT2D eigenvalue weighted by Crippen LogP contribution is 2.34. The van der Waals surface area contributed by atoms with Crippen molar-refractivity contribution in [1.82, 2.24) is 4.98 Å². The minimum atomic E-state index is 0.299. The van der Waals surface area contributed by atoms with Gasteiger partial charge in [-0.15, -0.1) is 0 Å². The van der Waals surface area contributed by atoms with E-state index in [-0.39, 0.29) is 0 Å². The number of aryl methyl sites for hydroxylation is 1. The van der Waals surface area contributed by atoms with Crippen LogP contribution in [0.4, 0.5) is 5.69 Å². The maximum absolute atomic E-state index is 9.91. The van der Waals surface area contributed by atoms with E-state index in [0.717, 1.165) is 22.5 Å². The van der Waals surface area contributed by atoms with Crippen molar-refractivity contribution in [3.63, 3.8) is 0 Å². The van der Waals surface area contributed by atoms with Crippen molar-refractivity contribution in [2.24, 2.45) is 0 Å². The van der Waals surface area contributed by atoms with Crippen LogP contribution in [0.1, 0.15) is 5.56 Å². The molecule has 0 aliphatic carbocycles. The van der Waals surface area contributed by atoms with Gasteiger partial charge in [-0.1, -0.05) is 18.2 Å². The fourth-order valence-corrected chi connectivity index (χ4v) is 2.61. The summed E-state index contributed by atoms with van der Waals surface area (Å²) in [4.78, 5) is 5.38. The third kappa shape index (κ3) is 1.92. The van der Waals surface area contributed by atoms with Crippen LogP contribution in [-0.2, 0) is 0 Å². The molecule has 0 amide bonds. The number of anilines is 1. The second-order valence-electron chi connectivity index (χ2n) is 5.27. The summed E-state index contributed by atoms with van der Waals surface area (Å²) in [7, 11) is 3.85. The van der Waals surface area contributed by atoms with E-state index in [9.17, 15) is 5.11 Å². The average molecular weight is 266 g/mol. The third-order valence-corrected chi connectivity index (χ3v) is 3.71. The van der Waals surface area contributed by atoms with Gasteiger partial charge < -0.3 is 15.0 Å². The summed E-state index contributed by atoms with van der Waals surface area (Å²) >= 11 is 0. The molecule has 3 heteroatoms. The van der Waals surface area contributed by atoms with Crippen LogP contribution < -0.4 is 4.90 Å². The van der Waals surface area contributed by atoms with E-state index >= 15 is 0 Å². The molecule has 3 nitrogen and oxygen atoms in total. The highest BCUT2D eigenvalue weighted by atomic mass is 16.3. The minimum Gasteiger partial charge on any atom is -0.506 e. The number of nitrogens with one attached hydrogen (secondary N) is 1. The van der Waals surface area contributed by atoms with Gasteiger partial charge in [-0.3, -0.25) is 0 Å². The van der Waals surface area contributed by atoms with Crippen LogP contribution in [0, 0.1) is 6.92 Å². The Hall–Kier alpha value is -2.42. The van der Waals surface area contributed by atoms with E-state index in [2.05, 4.69) is 30.1 Å². The molecule has 0 saturated heterocycles. The number of hydrogen-bond acceptors (Lipinski definition) is 2. The average Bonchev–Trinajstić information content (AvgIpc) is 2.77. The number of nitrogens with zero attached hydrogens (tertiary/aromatic N) is 1. The number of benzene rings is 2. The SMILES string of the molecule is Cc1c(-c2ccc(O)c(N(C)C)c2)[nH]c2ccccc12. The zero-order valence-electron chi connectivity index (χ0n) is 11.9. The van der Waals surface area contributed by atoms with Crippen molar-refractivity contribution >= 4 is 16.6 Å². The largest absolute Gasteiger partial charge is 0.506 e. The maximum atomic E-state index is 9.91. The van der Waals surface area contributed by atoms with Crippen molar-refractivity contribution < 1.29 is 5.11 Å². The van der Waals surface area contributed by atoms with Gasteiger partial charge in [0.25, 0.3) is 0 Å². The quantitative estimate of drug-likeness (QED) is 0.738. The summed E-state index contributed by atoms with van der Waals surface area (Å²) in [6, 6.07) is 14.0. The van der Waals surface area contributed by atoms with Gasteiger partial charge in [0.1, 0.15) is 5.75 Å². The molecule has 0 aliphatic heterocycles. The number of rotatable bonds is 2. The van der Waals surface area contributed by atoms with Crippen molar-refractivity contribution in [2.45, 2.75) is 6.92 Å². The summed E-state index contributed by atoms with van der Waals surface area (Å²) in [6.07, 6.45) is 0. The Labute approximate surface area is 118 Å². The van der Waals surface area contributed by atoms with E-state index in [0.29, 0.717) is 5.75 Å². The molecule has 2 aromatic carbocycles. The Morgan fingerprint density at radius 2 is 1.80 bits per heavy atom. The van der Waals surface area contributed by atoms with Crippen LogP contribution in [0.5, 0.6) is 5.75 Å². The molecule has 102 valence electrons. The number of para-hydroxylation sites is 1. The van der Waals surface area contributed by atoms with Crippen LogP contribution in [-0.4, -0.2) is 24.2 Å². The van der Waals surface area contributed by atoms with Crippen molar-refractivity contribution in [3.8, 4) is 17.0 Å². The van der Waals surface area contributed by atoms with Gasteiger partial charge in [0, 0.05) is 36.3 Å². The van der Waals surface area contributed by atoms with Gasteiger partial charge in [0.2, 0.25) is 0 Å². The van der Waals surface area contributed by atoms with Crippen molar-refractivity contribution in [2.75, 3.05) is 19.0 Å². The first-order valence-corrected chi connectivity index (χ1v) is 6.66. The molecule has 0 fully saturated rings. The van der Waals surface area contributed by atoms with E-state index in [1.807, 2.05) is 37.2 Å². The van der Waals surface area contributed by atoms with Crippen LogP contribution in [0.2, 0.25) is 0 Å². The molecule has 0 aliphatic rings. The molecule has 3 rings (SSSR count). The summed E-state index contributed by atoms with van der Waals surface area (Å²) in [6.45, 7) is 2.12. The third-order valence-electron chi connectivity index (χ3n) is 3.71. The standard InChI is InChI=1S/C17H18N2O/c1-11-13-6-4-5-7-14(13)18-17(11)12-8-9-16(20)15(10-12)19(2)3/h4-10,18,20H,1-3H3. The smallest absolute Gasteiger partial charge is 0.138 e. The highest BCUT2D eigenvalue weighted by molar-refractivity contribution is 5.91. The normalized spacial score (nSPS) is 10.9. The van der Waals surface area contributed by atoms with Crippen LogP contribution >= 0.6 is 0 Å². The number of fused-ring (bicyclic) bond motifs is 1. The molecule has 20 heavy (non-hydrogen) atoms. The Morgan fingerprint density at radius 1 is 1.05 bits per heavy atom. The first kappa shape index (κ1) is 12.6. The van der Waals surface area contributed by atoms with Crippen LogP contribution in [0.25, 0.3) is 22.2 Å². The van der Waals surface area contributed by atoms with Gasteiger partial charge in [-0.05, 0) is 36.8 Å². The van der Waals surface area contributed by atoms with Crippen LogP contribution in [0.3, 0.4) is 0 Å². The first-order chi connectivity index (χ1) is 9.58. The van der Waals surface area contributed by atoms with Crippen molar-refractivity contribution in [1.29, 1.82) is 0 Å². The molecule has 2 N–H and O–H groups in total. The summed E-state index contributed by atoms with van der Waals surface area (Å²) in [5.41, 5.74) is 5.38. The lowest BCUT2D eigenvalue weighted by atomic mass is 10.1. The van der Waals surface area contributed by atoms with Gasteiger partial charge in [0.15, 0.2) is 0 Å². The predicted octanol–water partition coefficient (Wildman–Crippen LogP) is 3.91. The number of aromatic amines is 1. The zero-order chi connectivity index (χ0) is 14.3. The number of hydrogen-bond donors (Lipinski definition) is 2. The van der Waals surface area contributed by atoms with Gasteiger partial charge in [-0.25, -0.2) is 0 Å². The second kappa shape index (κ2) is 4.60. The monoisotopic (exact) mass is 266 g/mol. The summed E-state index contributed by atoms with van der Waals surface area (Å²) in [5, 5.41) is 11.1. The number of aromatic nitrogens is 1. The number of phenols is 1. The lowest BCUT2D eigenvalue weighted by Crippen LogP contribution is -2.08. The molecule has 0 saturated carbocycles. The topological polar surface area (TPSA) is 39.3 Å². The van der Waals surface area contributed by atoms with Gasteiger partial charge in [-0.2, -0.15) is 0 Å². The maximum Gasteiger partial charge on any atom is 0.138 e. The highest BCUT2D eigenvalue weighted by Gasteiger charge is 2.11. The number of phenolic OH excluding ortho intramolecular Hbond substituents is 1. The lowest BCUT2D eigenvalue weighted by Gasteiger charge is -2.15. The van der Waals surface area contributed by atoms with E-state index in [1.165, 1.54) is 10.9 Å². The molecular formula is C17H18N2O. The summed E-state index contributed by atoms with van der Waals surface area (Å²) < 4.78 is 0. The number of H-pyrrole nitrogens is 1. The van der Waals surface area contributed by atoms with Gasteiger partial charge in [0.05, 0.1) is 5.69 Å². The molecule has 1 aromatic heterocycles. The fraction of sp³-hybridized carbons (Fsp3) is 0.176. The number of aromatic hydroxyl groups is 1. The lowest BCUT2D eigenvalue weighted by molar-refractivity contribution is 0.476. The van der Waals surface area contributed by atoms with Crippen LogP contribution in [0.15, 0.2) is 42.5 Å². The van der Waals surface area contributed by atoms with E-state index in [1.54, 1.807) is 6.07 Å². The Bertz CT molecular complexity index is 772. The molecular weight excluding hydrogens is 248 g/mol. The van der Waals surface area contributed by atoms with E-state index in [4.69, 9.17) is 0 Å². The Morgan fingerprint density at radius 3 is 2.50 bits per heavy atom. The molecule has 1 heterocycles. The molecule has 3 aromatic rings. The zero-order valence-corrected chi connectivity index (χ0v) is 11.9. The van der Waals surface area contributed by atoms with E-state index < -0.39 is 0 Å². The predicted molar refractivity (Wildman–Crippen MR) is 84.5 cm³/mol. The summed E-state index contributed by atoms with van der Waals surface area (Å²) in [5.74, 6) is 0.299. The first-order valence-electron chi connectivity index (χ1n) is 6.66. The minimum absolute atomic E-state index is 0.299. The molecule has 0 radical (unpaired) electrons. The Kier molecular flexibility index (Phi) is 2.90. The molecule has 0 spiro atoms. The van der Waals surface area contributed by atoms with Gasteiger partial charge >= 0.3 is 0 Å². The molecule has 0 unspecified atom stereocenters. The fourth-order valence-electron chi connectivity index (χ4n) is 2.61. The van der Waals surface area contributed by atoms with Crippen molar-refractivity contribution in [3.05, 3.63) is 48.0 Å². The molecule has 0 bridgehead atoms. The Balaban J connectivity index is 2.20.